The van der Waals surface area contributed by atoms with E-state index in [1.165, 1.54) is 6.07 Å². The molecule has 0 radical (unpaired) electrons. The molecule has 0 amide bonds. The molecule has 0 aromatic heterocycles. The van der Waals surface area contributed by atoms with E-state index < -0.39 is 5.41 Å². The summed E-state index contributed by atoms with van der Waals surface area (Å²) in [6, 6.07) is 17.0. The van der Waals surface area contributed by atoms with E-state index in [0.717, 1.165) is 17.5 Å². The molecule has 2 aromatic carbocycles. The summed E-state index contributed by atoms with van der Waals surface area (Å²) in [4.78, 5) is 2.03. The molecule has 0 N–H and O–H groups in total. The molecular weight excluding hydrogens is 323 g/mol. The van der Waals surface area contributed by atoms with Crippen molar-refractivity contribution in [2.24, 2.45) is 0 Å². The second-order valence-electron chi connectivity index (χ2n) is 6.06. The number of rotatable bonds is 6. The maximum Gasteiger partial charge on any atom is 0.128 e. The Morgan fingerprint density at radius 1 is 1.04 bits per heavy atom. The summed E-state index contributed by atoms with van der Waals surface area (Å²) in [5.41, 5.74) is 1.50. The van der Waals surface area contributed by atoms with Crippen molar-refractivity contribution >= 4 is 12.4 Å². The zero-order valence-corrected chi connectivity index (χ0v) is 15.2. The van der Waals surface area contributed by atoms with Crippen LogP contribution in [0.25, 0.3) is 0 Å². The number of aryl methyl sites for hydroxylation is 1. The van der Waals surface area contributed by atoms with Gasteiger partial charge in [0.25, 0.3) is 0 Å². The Kier molecular flexibility index (Phi) is 7.41. The Morgan fingerprint density at radius 2 is 1.62 bits per heavy atom. The highest BCUT2D eigenvalue weighted by molar-refractivity contribution is 5.85. The maximum atomic E-state index is 14.6. The van der Waals surface area contributed by atoms with Gasteiger partial charge in [-0.15, -0.1) is 12.4 Å². The fourth-order valence-electron chi connectivity index (χ4n) is 3.03. The van der Waals surface area contributed by atoms with Gasteiger partial charge in [-0.25, -0.2) is 4.39 Å². The van der Waals surface area contributed by atoms with Crippen LogP contribution in [0.3, 0.4) is 0 Å². The molecule has 0 saturated heterocycles. The van der Waals surface area contributed by atoms with Crippen LogP contribution in [0.1, 0.15) is 30.0 Å². The summed E-state index contributed by atoms with van der Waals surface area (Å²) < 4.78 is 14.6. The average molecular weight is 347 g/mol. The van der Waals surface area contributed by atoms with Gasteiger partial charge in [0.15, 0.2) is 0 Å². The third-order valence-corrected chi connectivity index (χ3v) is 4.32. The molecule has 2 aromatic rings. The van der Waals surface area contributed by atoms with Crippen LogP contribution in [0.4, 0.5) is 4.39 Å². The molecule has 0 aliphatic heterocycles. The molecule has 0 bridgehead atoms. The number of benzene rings is 2. The first-order valence-electron chi connectivity index (χ1n) is 7.94. The molecule has 24 heavy (non-hydrogen) atoms. The van der Waals surface area contributed by atoms with Crippen molar-refractivity contribution in [1.82, 2.24) is 4.90 Å². The van der Waals surface area contributed by atoms with Crippen LogP contribution in [0.15, 0.2) is 48.5 Å². The first-order valence-corrected chi connectivity index (χ1v) is 7.94. The predicted molar refractivity (Wildman–Crippen MR) is 99.0 cm³/mol. The fourth-order valence-corrected chi connectivity index (χ4v) is 3.03. The second-order valence-corrected chi connectivity index (χ2v) is 6.06. The quantitative estimate of drug-likeness (QED) is 0.766. The smallest absolute Gasteiger partial charge is 0.128 e. The zero-order chi connectivity index (χ0) is 16.9. The maximum absolute atomic E-state index is 14.6. The Labute approximate surface area is 150 Å². The van der Waals surface area contributed by atoms with Crippen LogP contribution >= 0.6 is 12.4 Å². The van der Waals surface area contributed by atoms with Crippen molar-refractivity contribution in [3.63, 3.8) is 0 Å². The molecule has 1 atom stereocenters. The molecule has 0 spiro atoms. The molecule has 4 heteroatoms. The van der Waals surface area contributed by atoms with E-state index in [1.54, 1.807) is 18.2 Å². The normalized spacial score (nSPS) is 13.0. The first-order chi connectivity index (χ1) is 11.0. The van der Waals surface area contributed by atoms with Gasteiger partial charge in [0.2, 0.25) is 0 Å². The predicted octanol–water partition coefficient (Wildman–Crippen LogP) is 4.57. The molecule has 2 rings (SSSR count). The third kappa shape index (κ3) is 3.95. The molecule has 0 aliphatic rings. The summed E-state index contributed by atoms with van der Waals surface area (Å²) in [5.74, 6) is -0.321. The van der Waals surface area contributed by atoms with Crippen LogP contribution in [-0.4, -0.2) is 25.5 Å². The van der Waals surface area contributed by atoms with Gasteiger partial charge in [-0.1, -0.05) is 49.4 Å². The summed E-state index contributed by atoms with van der Waals surface area (Å²) in [6.07, 6.45) is 1.37. The minimum Gasteiger partial charge on any atom is -0.309 e. The Morgan fingerprint density at radius 3 is 2.17 bits per heavy atom. The van der Waals surface area contributed by atoms with Crippen LogP contribution in [0.2, 0.25) is 0 Å². The van der Waals surface area contributed by atoms with E-state index in [0.29, 0.717) is 18.5 Å². The minimum atomic E-state index is -0.970. The second kappa shape index (κ2) is 8.82. The number of hydrogen-bond acceptors (Lipinski definition) is 2. The van der Waals surface area contributed by atoms with Crippen molar-refractivity contribution in [3.8, 4) is 6.07 Å². The number of nitriles is 1. The average Bonchev–Trinajstić information content (AvgIpc) is 2.57. The summed E-state index contributed by atoms with van der Waals surface area (Å²) in [7, 11) is 3.93. The number of hydrogen-bond donors (Lipinski definition) is 0. The highest BCUT2D eigenvalue weighted by Crippen LogP contribution is 2.38. The Bertz CT molecular complexity index is 709. The van der Waals surface area contributed by atoms with Gasteiger partial charge < -0.3 is 4.90 Å². The highest BCUT2D eigenvalue weighted by Gasteiger charge is 2.38. The van der Waals surface area contributed by atoms with E-state index in [-0.39, 0.29) is 18.2 Å². The van der Waals surface area contributed by atoms with Crippen LogP contribution in [0.5, 0.6) is 0 Å². The topological polar surface area (TPSA) is 27.0 Å². The van der Waals surface area contributed by atoms with Gasteiger partial charge >= 0.3 is 0 Å². The van der Waals surface area contributed by atoms with Crippen molar-refractivity contribution in [2.45, 2.75) is 25.2 Å². The Balaban J connectivity index is 0.00000288. The number of halogens is 2. The molecule has 0 saturated carbocycles. The van der Waals surface area contributed by atoms with E-state index in [9.17, 15) is 9.65 Å². The largest absolute Gasteiger partial charge is 0.309 e. The van der Waals surface area contributed by atoms with Crippen LogP contribution < -0.4 is 0 Å². The third-order valence-electron chi connectivity index (χ3n) is 4.32. The molecule has 0 heterocycles. The zero-order valence-electron chi connectivity index (χ0n) is 14.4. The van der Waals surface area contributed by atoms with Crippen molar-refractivity contribution in [2.75, 3.05) is 20.6 Å². The van der Waals surface area contributed by atoms with E-state index >= 15 is 0 Å². The first kappa shape index (κ1) is 20.2. The highest BCUT2D eigenvalue weighted by atomic mass is 35.5. The molecule has 128 valence electrons. The van der Waals surface area contributed by atoms with E-state index in [4.69, 9.17) is 0 Å². The van der Waals surface area contributed by atoms with Gasteiger partial charge in [0.1, 0.15) is 11.2 Å². The lowest BCUT2D eigenvalue weighted by atomic mass is 9.71. The standard InChI is InChI=1S/C20H23FN2.ClH/c1-4-16-9-5-6-10-17(16)20(15-22,13-14-23(2)3)18-11-7-8-12-19(18)21;/h5-12H,4,13-14H2,1-3H3;1H. The SMILES string of the molecule is CCc1ccccc1C(C#N)(CCN(C)C)c1ccccc1F.Cl. The fraction of sp³-hybridized carbons (Fsp3) is 0.350. The van der Waals surface area contributed by atoms with Crippen LogP contribution in [0, 0.1) is 17.1 Å². The van der Waals surface area contributed by atoms with E-state index in [1.807, 2.05) is 43.3 Å². The summed E-state index contributed by atoms with van der Waals surface area (Å²) in [5, 5.41) is 10.1. The van der Waals surface area contributed by atoms with Gasteiger partial charge in [0, 0.05) is 5.56 Å². The van der Waals surface area contributed by atoms with Crippen molar-refractivity contribution < 1.29 is 4.39 Å². The van der Waals surface area contributed by atoms with Gasteiger partial charge in [-0.3, -0.25) is 0 Å². The monoisotopic (exact) mass is 346 g/mol. The molecule has 0 fully saturated rings. The van der Waals surface area contributed by atoms with Gasteiger partial charge in [-0.2, -0.15) is 5.26 Å². The van der Waals surface area contributed by atoms with Crippen molar-refractivity contribution in [1.29, 1.82) is 5.26 Å². The van der Waals surface area contributed by atoms with Gasteiger partial charge in [0.05, 0.1) is 6.07 Å². The van der Waals surface area contributed by atoms with Crippen LogP contribution in [-0.2, 0) is 11.8 Å². The Hall–Kier alpha value is -1.89. The molecular formula is C20H24ClFN2. The lowest BCUT2D eigenvalue weighted by Crippen LogP contribution is -2.32. The van der Waals surface area contributed by atoms with Gasteiger partial charge in [-0.05, 0) is 50.7 Å². The number of nitrogens with zero attached hydrogens (tertiary/aromatic N) is 2. The van der Waals surface area contributed by atoms with E-state index in [2.05, 4.69) is 13.0 Å². The molecule has 2 nitrogen and oxygen atoms in total. The summed E-state index contributed by atoms with van der Waals surface area (Å²) >= 11 is 0. The molecule has 1 unspecified atom stereocenters. The lowest BCUT2D eigenvalue weighted by molar-refractivity contribution is 0.367. The van der Waals surface area contributed by atoms with Crippen molar-refractivity contribution in [3.05, 3.63) is 71.0 Å². The molecule has 0 aliphatic carbocycles. The summed E-state index contributed by atoms with van der Waals surface area (Å²) in [6.45, 7) is 2.77. The minimum absolute atomic E-state index is 0. The lowest BCUT2D eigenvalue weighted by Gasteiger charge is -2.31.